The molecule has 4 heavy (non-hydrogen) atoms. The first-order chi connectivity index (χ1) is 1.91. The topological polar surface area (TPSA) is 0 Å². The fourth-order valence-corrected chi connectivity index (χ4v) is 0. The van der Waals surface area contributed by atoms with E-state index in [1.807, 2.05) is 0 Å². The van der Waals surface area contributed by atoms with Gasteiger partial charge < -0.3 is 0 Å². The van der Waals surface area contributed by atoms with E-state index in [1.54, 1.807) is 0 Å². The number of halogens is 2. The minimum atomic E-state index is -1.10. The van der Waals surface area contributed by atoms with Crippen molar-refractivity contribution in [2.45, 2.75) is 0 Å². The van der Waals surface area contributed by atoms with Gasteiger partial charge in [-0.25, -0.2) is 8.78 Å². The molecule has 0 heterocycles. The zero-order chi connectivity index (χ0) is 3.41. The fraction of sp³-hybridized carbons (Fsp3) is 0.500. The van der Waals surface area contributed by atoms with E-state index < -0.39 is 6.67 Å². The van der Waals surface area contributed by atoms with E-state index in [0.29, 0.717) is 0 Å². The van der Waals surface area contributed by atoms with Gasteiger partial charge in [-0.05, 0) is 0 Å². The molecule has 0 amide bonds. The van der Waals surface area contributed by atoms with Gasteiger partial charge in [0.05, 0.1) is 0 Å². The minimum absolute atomic E-state index is 0.764. The lowest BCUT2D eigenvalue weighted by Crippen LogP contribution is -1.57. The third kappa shape index (κ3) is 1.86. The molecule has 0 unspecified atom stereocenters. The van der Waals surface area contributed by atoms with Gasteiger partial charge in [-0.3, -0.25) is 0 Å². The molecule has 0 aromatic rings. The third-order valence-electron chi connectivity index (χ3n) is 0.0505. The largest absolute Gasteiger partial charge is 0.247 e. The van der Waals surface area contributed by atoms with Crippen LogP contribution < -0.4 is 0 Å². The summed E-state index contributed by atoms with van der Waals surface area (Å²) in [4.78, 5) is 0. The van der Waals surface area contributed by atoms with Crippen LogP contribution in [-0.2, 0) is 0 Å². The minimum Gasteiger partial charge on any atom is -0.247 e. The molecule has 0 nitrogen and oxygen atoms in total. The smallest absolute Gasteiger partial charge is 0.218 e. The summed E-state index contributed by atoms with van der Waals surface area (Å²) < 4.78 is 20.3. The Morgan fingerprint density at radius 1 is 1.75 bits per heavy atom. The number of alkyl halides is 1. The summed E-state index contributed by atoms with van der Waals surface area (Å²) in [6, 6.07) is 0. The zero-order valence-electron chi connectivity index (χ0n) is 1.96. The highest BCUT2D eigenvalue weighted by atomic mass is 19.2. The summed E-state index contributed by atoms with van der Waals surface area (Å²) in [6.45, 7) is -0.333. The van der Waals surface area contributed by atoms with Crippen molar-refractivity contribution in [3.05, 3.63) is 6.67 Å². The highest BCUT2D eigenvalue weighted by Gasteiger charge is 1.69. The van der Waals surface area contributed by atoms with Gasteiger partial charge in [-0.1, -0.05) is 0 Å². The van der Waals surface area contributed by atoms with Gasteiger partial charge >= 0.3 is 0 Å². The normalized spacial score (nSPS) is 7.50. The van der Waals surface area contributed by atoms with Crippen molar-refractivity contribution in [1.82, 2.24) is 0 Å². The number of hydrogen-bond donors (Lipinski definition) is 0. The van der Waals surface area contributed by atoms with Gasteiger partial charge in [0, 0.05) is 0 Å². The molecule has 0 spiro atoms. The molecule has 0 saturated heterocycles. The van der Waals surface area contributed by atoms with E-state index in [0.717, 1.165) is 6.67 Å². The first kappa shape index (κ1) is 3.86. The molecule has 2 heteroatoms. The Kier molecular flexibility index (Phi) is 2.76. The summed E-state index contributed by atoms with van der Waals surface area (Å²) in [6.07, 6.45) is 0. The van der Waals surface area contributed by atoms with Gasteiger partial charge in [0.2, 0.25) is 6.67 Å². The maximum atomic E-state index is 10.2. The van der Waals surface area contributed by atoms with Gasteiger partial charge in [0.1, 0.15) is 6.67 Å². The SMILES string of the molecule is F[C]CF. The van der Waals surface area contributed by atoms with Crippen LogP contribution in [0, 0.1) is 6.67 Å². The van der Waals surface area contributed by atoms with Crippen LogP contribution in [0.25, 0.3) is 0 Å². The van der Waals surface area contributed by atoms with Crippen LogP contribution in [0.3, 0.4) is 0 Å². The molecular weight excluding hydrogens is 62.0 g/mol. The Labute approximate surface area is 23.4 Å². The molecule has 0 aliphatic carbocycles. The second-order valence-corrected chi connectivity index (χ2v) is 0.267. The number of hydrogen-bond acceptors (Lipinski definition) is 0. The van der Waals surface area contributed by atoms with Crippen molar-refractivity contribution in [3.63, 3.8) is 0 Å². The molecule has 2 radical (unpaired) electrons. The highest BCUT2D eigenvalue weighted by Crippen LogP contribution is 1.72. The average molecular weight is 64.0 g/mol. The van der Waals surface area contributed by atoms with Crippen molar-refractivity contribution in [3.8, 4) is 0 Å². The summed E-state index contributed by atoms with van der Waals surface area (Å²) in [5, 5.41) is 0. The standard InChI is InChI=1S/C2H2F2/c3-1-2-4/h1H2. The Bertz CT molecular complexity index is 6.00. The monoisotopic (exact) mass is 64.0 g/mol. The Morgan fingerprint density at radius 3 is 2.00 bits per heavy atom. The van der Waals surface area contributed by atoms with Crippen LogP contribution in [-0.4, -0.2) is 6.67 Å². The van der Waals surface area contributed by atoms with Crippen molar-refractivity contribution in [2.75, 3.05) is 6.67 Å². The highest BCUT2D eigenvalue weighted by molar-refractivity contribution is 4.34. The van der Waals surface area contributed by atoms with Crippen LogP contribution in [0.5, 0.6) is 0 Å². The maximum Gasteiger partial charge on any atom is 0.218 e. The summed E-state index contributed by atoms with van der Waals surface area (Å²) >= 11 is 0. The lowest BCUT2D eigenvalue weighted by atomic mass is 10.9. The molecule has 0 rings (SSSR count). The van der Waals surface area contributed by atoms with E-state index in [1.165, 1.54) is 0 Å². The molecule has 24 valence electrons. The Morgan fingerprint density at radius 2 is 2.00 bits per heavy atom. The van der Waals surface area contributed by atoms with Crippen LogP contribution in [0.1, 0.15) is 0 Å². The van der Waals surface area contributed by atoms with Crippen molar-refractivity contribution in [2.24, 2.45) is 0 Å². The number of rotatable bonds is 1. The molecule has 0 saturated carbocycles. The fourth-order valence-electron chi connectivity index (χ4n) is 0. The Hall–Kier alpha value is -0.140. The molecule has 0 bridgehead atoms. The quantitative estimate of drug-likeness (QED) is 0.426. The van der Waals surface area contributed by atoms with Gasteiger partial charge in [-0.2, -0.15) is 0 Å². The lowest BCUT2D eigenvalue weighted by Gasteiger charge is -1.58. The first-order valence-corrected chi connectivity index (χ1v) is 0.810. The molecule has 0 aliphatic rings. The molecule has 0 fully saturated rings. The van der Waals surface area contributed by atoms with E-state index in [2.05, 4.69) is 0 Å². The molecule has 0 aromatic heterocycles. The van der Waals surface area contributed by atoms with Gasteiger partial charge in [-0.15, -0.1) is 0 Å². The third-order valence-corrected chi connectivity index (χ3v) is 0.0505. The van der Waals surface area contributed by atoms with Crippen molar-refractivity contribution >= 4 is 0 Å². The van der Waals surface area contributed by atoms with Crippen molar-refractivity contribution in [1.29, 1.82) is 0 Å². The molecule has 0 atom stereocenters. The molecule has 0 aromatic carbocycles. The van der Waals surface area contributed by atoms with Crippen LogP contribution in [0.15, 0.2) is 0 Å². The maximum absolute atomic E-state index is 10.2. The lowest BCUT2D eigenvalue weighted by molar-refractivity contribution is 0.450. The van der Waals surface area contributed by atoms with Crippen LogP contribution in [0.2, 0.25) is 0 Å². The summed E-state index contributed by atoms with van der Waals surface area (Å²) in [5.41, 5.74) is 0. The second kappa shape index (κ2) is 2.86. The predicted molar refractivity (Wildman–Crippen MR) is 10.3 cm³/mol. The van der Waals surface area contributed by atoms with Crippen molar-refractivity contribution < 1.29 is 8.78 Å². The van der Waals surface area contributed by atoms with E-state index in [4.69, 9.17) is 0 Å². The Balaban J connectivity index is 1.97. The molecule has 0 aliphatic heterocycles. The average Bonchev–Trinajstić information content (AvgIpc) is 1.37. The molecule has 0 N–H and O–H groups in total. The summed E-state index contributed by atoms with van der Waals surface area (Å²) in [7, 11) is 0. The summed E-state index contributed by atoms with van der Waals surface area (Å²) in [5.74, 6) is 0. The van der Waals surface area contributed by atoms with E-state index in [9.17, 15) is 8.78 Å². The molecular formula is C2H2F2. The predicted octanol–water partition coefficient (Wildman–Crippen LogP) is 0.964. The van der Waals surface area contributed by atoms with Gasteiger partial charge in [0.15, 0.2) is 0 Å². The van der Waals surface area contributed by atoms with Crippen LogP contribution >= 0.6 is 0 Å². The second-order valence-electron chi connectivity index (χ2n) is 0.267. The van der Waals surface area contributed by atoms with E-state index >= 15 is 0 Å². The first-order valence-electron chi connectivity index (χ1n) is 0.810. The van der Waals surface area contributed by atoms with Crippen LogP contribution in [0.4, 0.5) is 8.78 Å². The zero-order valence-corrected chi connectivity index (χ0v) is 1.96. The van der Waals surface area contributed by atoms with Gasteiger partial charge in [0.25, 0.3) is 0 Å². The van der Waals surface area contributed by atoms with E-state index in [-0.39, 0.29) is 0 Å².